The molecule has 0 fully saturated rings. The predicted molar refractivity (Wildman–Crippen MR) is 113 cm³/mol. The molecule has 3 aromatic rings. The van der Waals surface area contributed by atoms with Crippen LogP contribution >= 0.6 is 0 Å². The minimum atomic E-state index is -0.351. The van der Waals surface area contributed by atoms with Crippen LogP contribution < -0.4 is 10.6 Å². The van der Waals surface area contributed by atoms with E-state index >= 15 is 0 Å². The van der Waals surface area contributed by atoms with Crippen LogP contribution in [0.3, 0.4) is 0 Å². The van der Waals surface area contributed by atoms with Crippen molar-refractivity contribution in [1.29, 1.82) is 0 Å². The lowest BCUT2D eigenvalue weighted by molar-refractivity contribution is -0.117. The predicted octanol–water partition coefficient (Wildman–Crippen LogP) is 4.11. The number of hydrogen-bond donors (Lipinski definition) is 2. The lowest BCUT2D eigenvalue weighted by atomic mass is 10.1. The number of benzene rings is 2. The summed E-state index contributed by atoms with van der Waals surface area (Å²) in [5.74, 6) is -0.193. The Bertz CT molecular complexity index is 976. The maximum Gasteiger partial charge on any atom is 0.267 e. The second-order valence-corrected chi connectivity index (χ2v) is 6.69. The second-order valence-electron chi connectivity index (χ2n) is 6.69. The molecule has 29 heavy (non-hydrogen) atoms. The Morgan fingerprint density at radius 2 is 1.72 bits per heavy atom. The molecule has 0 bridgehead atoms. The van der Waals surface area contributed by atoms with Gasteiger partial charge in [-0.05, 0) is 49.1 Å². The number of carbonyl (C=O) groups is 2. The molecule has 0 aliphatic rings. The van der Waals surface area contributed by atoms with Gasteiger partial charge in [0, 0.05) is 18.2 Å². The maximum absolute atomic E-state index is 12.7. The third-order valence-electron chi connectivity index (χ3n) is 4.48. The molecule has 0 aliphatic carbocycles. The summed E-state index contributed by atoms with van der Waals surface area (Å²) in [4.78, 5) is 25.4. The Morgan fingerprint density at radius 3 is 2.45 bits per heavy atom. The van der Waals surface area contributed by atoms with E-state index in [2.05, 4.69) is 22.8 Å². The summed E-state index contributed by atoms with van der Waals surface area (Å²) in [5, 5.41) is 5.59. The van der Waals surface area contributed by atoms with Crippen LogP contribution in [0, 0.1) is 6.92 Å². The van der Waals surface area contributed by atoms with E-state index in [0.717, 1.165) is 18.4 Å². The molecule has 5 nitrogen and oxygen atoms in total. The number of furan rings is 1. The number of rotatable bonds is 8. The van der Waals surface area contributed by atoms with Crippen molar-refractivity contribution >= 4 is 17.9 Å². The van der Waals surface area contributed by atoms with Gasteiger partial charge in [0.05, 0.1) is 6.26 Å². The second kappa shape index (κ2) is 10.1. The van der Waals surface area contributed by atoms with Gasteiger partial charge in [0.2, 0.25) is 0 Å². The van der Waals surface area contributed by atoms with E-state index in [0.29, 0.717) is 17.9 Å². The molecule has 0 unspecified atom stereocenters. The first kappa shape index (κ1) is 20.1. The van der Waals surface area contributed by atoms with Crippen LogP contribution in [0.25, 0.3) is 6.08 Å². The fraction of sp³-hybridized carbons (Fsp3) is 0.167. The molecule has 1 heterocycles. The molecule has 0 saturated heterocycles. The zero-order chi connectivity index (χ0) is 20.5. The van der Waals surface area contributed by atoms with Crippen LogP contribution in [-0.4, -0.2) is 18.4 Å². The van der Waals surface area contributed by atoms with E-state index in [9.17, 15) is 9.59 Å². The van der Waals surface area contributed by atoms with Gasteiger partial charge < -0.3 is 15.1 Å². The Balaban J connectivity index is 1.64. The molecule has 0 saturated carbocycles. The van der Waals surface area contributed by atoms with E-state index in [1.807, 2.05) is 37.3 Å². The summed E-state index contributed by atoms with van der Waals surface area (Å²) in [7, 11) is 0. The molecule has 3 rings (SSSR count). The zero-order valence-electron chi connectivity index (χ0n) is 16.4. The van der Waals surface area contributed by atoms with Crippen molar-refractivity contribution in [2.75, 3.05) is 6.54 Å². The number of hydrogen-bond acceptors (Lipinski definition) is 3. The minimum Gasteiger partial charge on any atom is -0.465 e. The van der Waals surface area contributed by atoms with E-state index < -0.39 is 0 Å². The standard InChI is InChI=1S/C24H24N2O3/c1-18-9-5-6-14-21(18)23(27)26-22(17-20-13-8-16-29-20)24(28)25-15-7-12-19-10-3-2-4-11-19/h2-6,8-11,13-14,16-17H,7,12,15H2,1H3,(H,25,28)(H,26,27)/b22-17-. The normalized spacial score (nSPS) is 11.1. The van der Waals surface area contributed by atoms with E-state index in [1.54, 1.807) is 24.3 Å². The quantitative estimate of drug-likeness (QED) is 0.451. The van der Waals surface area contributed by atoms with Gasteiger partial charge in [0.25, 0.3) is 11.8 Å². The molecular formula is C24H24N2O3. The summed E-state index contributed by atoms with van der Waals surface area (Å²) >= 11 is 0. The van der Waals surface area contributed by atoms with Crippen LogP contribution in [0.2, 0.25) is 0 Å². The number of amides is 2. The van der Waals surface area contributed by atoms with Crippen LogP contribution in [0.15, 0.2) is 83.1 Å². The molecule has 0 radical (unpaired) electrons. The van der Waals surface area contributed by atoms with Crippen molar-refractivity contribution in [1.82, 2.24) is 10.6 Å². The summed E-state index contributed by atoms with van der Waals surface area (Å²) in [6, 6.07) is 20.8. The average Bonchev–Trinajstić information content (AvgIpc) is 3.25. The smallest absolute Gasteiger partial charge is 0.267 e. The van der Waals surface area contributed by atoms with Gasteiger partial charge in [-0.2, -0.15) is 0 Å². The van der Waals surface area contributed by atoms with E-state index in [-0.39, 0.29) is 17.5 Å². The molecule has 148 valence electrons. The first-order valence-corrected chi connectivity index (χ1v) is 9.58. The first-order chi connectivity index (χ1) is 14.1. The van der Waals surface area contributed by atoms with Gasteiger partial charge in [-0.3, -0.25) is 9.59 Å². The molecule has 5 heteroatoms. The van der Waals surface area contributed by atoms with Crippen LogP contribution in [0.1, 0.15) is 33.7 Å². The van der Waals surface area contributed by atoms with Crippen LogP contribution in [-0.2, 0) is 11.2 Å². The molecule has 1 aromatic heterocycles. The average molecular weight is 388 g/mol. The van der Waals surface area contributed by atoms with Gasteiger partial charge in [-0.25, -0.2) is 0 Å². The Hall–Kier alpha value is -3.60. The Labute approximate surface area is 170 Å². The van der Waals surface area contributed by atoms with Gasteiger partial charge in [-0.15, -0.1) is 0 Å². The van der Waals surface area contributed by atoms with Crippen LogP contribution in [0.5, 0.6) is 0 Å². The Kier molecular flexibility index (Phi) is 7.00. The van der Waals surface area contributed by atoms with Crippen molar-refractivity contribution in [2.24, 2.45) is 0 Å². The largest absolute Gasteiger partial charge is 0.465 e. The monoisotopic (exact) mass is 388 g/mol. The third-order valence-corrected chi connectivity index (χ3v) is 4.48. The third kappa shape index (κ3) is 5.94. The fourth-order valence-corrected chi connectivity index (χ4v) is 2.93. The van der Waals surface area contributed by atoms with Crippen molar-refractivity contribution in [3.8, 4) is 0 Å². The number of carbonyl (C=O) groups excluding carboxylic acids is 2. The van der Waals surface area contributed by atoms with Gasteiger partial charge in [0.1, 0.15) is 11.5 Å². The maximum atomic E-state index is 12.7. The van der Waals surface area contributed by atoms with Gasteiger partial charge >= 0.3 is 0 Å². The minimum absolute atomic E-state index is 0.146. The lowest BCUT2D eigenvalue weighted by Gasteiger charge is -2.12. The summed E-state index contributed by atoms with van der Waals surface area (Å²) in [6.07, 6.45) is 4.72. The molecule has 0 aliphatic heterocycles. The van der Waals surface area contributed by atoms with E-state index in [4.69, 9.17) is 4.42 Å². The summed E-state index contributed by atoms with van der Waals surface area (Å²) < 4.78 is 5.30. The zero-order valence-corrected chi connectivity index (χ0v) is 16.4. The van der Waals surface area contributed by atoms with Crippen molar-refractivity contribution < 1.29 is 14.0 Å². The molecule has 0 atom stereocenters. The van der Waals surface area contributed by atoms with Gasteiger partial charge in [0.15, 0.2) is 0 Å². The lowest BCUT2D eigenvalue weighted by Crippen LogP contribution is -2.35. The highest BCUT2D eigenvalue weighted by Crippen LogP contribution is 2.10. The van der Waals surface area contributed by atoms with Crippen molar-refractivity contribution in [3.63, 3.8) is 0 Å². The fourth-order valence-electron chi connectivity index (χ4n) is 2.93. The van der Waals surface area contributed by atoms with Gasteiger partial charge in [-0.1, -0.05) is 48.5 Å². The van der Waals surface area contributed by atoms with E-state index in [1.165, 1.54) is 17.9 Å². The molecule has 2 N–H and O–H groups in total. The van der Waals surface area contributed by atoms with Crippen molar-refractivity contribution in [2.45, 2.75) is 19.8 Å². The highest BCUT2D eigenvalue weighted by molar-refractivity contribution is 6.05. The molecule has 0 spiro atoms. The number of nitrogens with one attached hydrogen (secondary N) is 2. The molecular weight excluding hydrogens is 364 g/mol. The topological polar surface area (TPSA) is 71.3 Å². The van der Waals surface area contributed by atoms with Crippen molar-refractivity contribution in [3.05, 3.63) is 101 Å². The highest BCUT2D eigenvalue weighted by atomic mass is 16.3. The molecule has 2 amide bonds. The Morgan fingerprint density at radius 1 is 0.966 bits per heavy atom. The number of aryl methyl sites for hydroxylation is 2. The van der Waals surface area contributed by atoms with Crippen LogP contribution in [0.4, 0.5) is 0 Å². The summed E-state index contributed by atoms with van der Waals surface area (Å²) in [6.45, 7) is 2.36. The molecule has 2 aromatic carbocycles. The highest BCUT2D eigenvalue weighted by Gasteiger charge is 2.16. The first-order valence-electron chi connectivity index (χ1n) is 9.58. The summed E-state index contributed by atoms with van der Waals surface area (Å²) in [5.41, 5.74) is 2.73. The SMILES string of the molecule is Cc1ccccc1C(=O)N/C(=C\c1ccco1)C(=O)NCCCc1ccccc1.